The highest BCUT2D eigenvalue weighted by Crippen LogP contribution is 2.35. The number of methoxy groups -OCH3 is 2. The van der Waals surface area contributed by atoms with Crippen molar-refractivity contribution in [3.05, 3.63) is 113 Å². The number of hydrogen-bond acceptors (Lipinski definition) is 12. The molecule has 12 nitrogen and oxygen atoms in total. The van der Waals surface area contributed by atoms with Crippen LogP contribution in [0.5, 0.6) is 11.5 Å². The Balaban J connectivity index is 0.000000156. The highest BCUT2D eigenvalue weighted by molar-refractivity contribution is 7.22. The Kier molecular flexibility index (Phi) is 9.06. The number of nitrogens with zero attached hydrogens (tertiary/aromatic N) is 8. The second kappa shape index (κ2) is 14.1. The van der Waals surface area contributed by atoms with E-state index in [1.807, 2.05) is 59.0 Å². The van der Waals surface area contributed by atoms with E-state index in [9.17, 15) is 0 Å². The monoisotopic (exact) mass is 740 g/mol. The van der Waals surface area contributed by atoms with Crippen molar-refractivity contribution in [2.45, 2.75) is 33.9 Å². The van der Waals surface area contributed by atoms with Gasteiger partial charge in [-0.2, -0.15) is 10.2 Å². The quantitative estimate of drug-likeness (QED) is 0.156. The topological polar surface area (TPSA) is 144 Å². The van der Waals surface area contributed by atoms with Crippen molar-refractivity contribution in [1.82, 2.24) is 39.5 Å². The van der Waals surface area contributed by atoms with Gasteiger partial charge in [-0.25, -0.2) is 19.9 Å². The smallest absolute Gasteiger partial charge is 0.229 e. The molecule has 53 heavy (non-hydrogen) atoms. The van der Waals surface area contributed by atoms with Gasteiger partial charge in [-0.3, -0.25) is 9.36 Å². The summed E-state index contributed by atoms with van der Waals surface area (Å²) in [6, 6.07) is 22.3. The summed E-state index contributed by atoms with van der Waals surface area (Å²) in [5.41, 5.74) is 15.5. The average Bonchev–Trinajstić information content (AvgIpc) is 3.95. The van der Waals surface area contributed by atoms with E-state index >= 15 is 0 Å². The molecule has 0 amide bonds. The zero-order valence-electron chi connectivity index (χ0n) is 29.8. The van der Waals surface area contributed by atoms with Gasteiger partial charge in [0.05, 0.1) is 71.2 Å². The van der Waals surface area contributed by atoms with Crippen LogP contribution in [0.25, 0.3) is 42.2 Å². The zero-order valence-corrected chi connectivity index (χ0v) is 31.4. The lowest BCUT2D eigenvalue weighted by atomic mass is 10.1. The van der Waals surface area contributed by atoms with Gasteiger partial charge in [0.2, 0.25) is 5.95 Å². The molecule has 0 saturated heterocycles. The van der Waals surface area contributed by atoms with Gasteiger partial charge < -0.3 is 20.5 Å². The maximum atomic E-state index is 5.86. The number of benzene rings is 4. The van der Waals surface area contributed by atoms with E-state index in [1.165, 1.54) is 28.0 Å². The molecule has 0 spiro atoms. The largest absolute Gasteiger partial charge is 0.497 e. The Hall–Kier alpha value is -6.12. The van der Waals surface area contributed by atoms with Crippen LogP contribution in [0.1, 0.15) is 27.9 Å². The maximum Gasteiger partial charge on any atom is 0.229 e. The van der Waals surface area contributed by atoms with Crippen molar-refractivity contribution in [2.24, 2.45) is 0 Å². The first kappa shape index (κ1) is 34.0. The molecule has 0 radical (unpaired) electrons. The van der Waals surface area contributed by atoms with Crippen LogP contribution in [0.15, 0.2) is 85.3 Å². The number of anilines is 3. The molecule has 4 aromatic carbocycles. The van der Waals surface area contributed by atoms with E-state index < -0.39 is 0 Å². The number of nitrogens with one attached hydrogen (secondary N) is 1. The van der Waals surface area contributed by atoms with E-state index in [0.717, 1.165) is 70.1 Å². The summed E-state index contributed by atoms with van der Waals surface area (Å²) < 4.78 is 16.7. The number of ether oxygens (including phenoxy) is 2. The predicted molar refractivity (Wildman–Crippen MR) is 214 cm³/mol. The molecule has 0 atom stereocenters. The normalized spacial score (nSPS) is 11.3. The predicted octanol–water partition coefficient (Wildman–Crippen LogP) is 8.45. The molecule has 0 fully saturated rings. The van der Waals surface area contributed by atoms with Crippen LogP contribution in [0.2, 0.25) is 0 Å². The Morgan fingerprint density at radius 1 is 0.679 bits per heavy atom. The molecule has 9 rings (SSSR count). The number of thiazole rings is 2. The third-order valence-corrected chi connectivity index (χ3v) is 10.7. The lowest BCUT2D eigenvalue weighted by molar-refractivity contribution is 0.414. The molecule has 3 N–H and O–H groups in total. The van der Waals surface area contributed by atoms with Crippen molar-refractivity contribution in [3.63, 3.8) is 0 Å². The van der Waals surface area contributed by atoms with Gasteiger partial charge in [0, 0.05) is 22.7 Å². The molecule has 5 heterocycles. The second-order valence-corrected chi connectivity index (χ2v) is 14.7. The SMILES string of the molecule is COc1ccc(Cn2ncc3c4nc(N)sc4cc(C)c32)cc1.COc1ccc(Cn2ncc3c4nc(Nc5nccc(C)n5)sc4cc(C)c32)cc1. The van der Waals surface area contributed by atoms with Crippen LogP contribution in [-0.2, 0) is 13.1 Å². The number of rotatable bonds is 8. The van der Waals surface area contributed by atoms with E-state index in [0.29, 0.717) is 24.2 Å². The van der Waals surface area contributed by atoms with Crippen LogP contribution >= 0.6 is 22.7 Å². The average molecular weight is 741 g/mol. The van der Waals surface area contributed by atoms with Crippen LogP contribution in [0, 0.1) is 20.8 Å². The minimum atomic E-state index is 0.553. The molecule has 266 valence electrons. The van der Waals surface area contributed by atoms with Crippen LogP contribution in [-0.4, -0.2) is 53.7 Å². The molecular weight excluding hydrogens is 705 g/mol. The summed E-state index contributed by atoms with van der Waals surface area (Å²) in [4.78, 5) is 17.9. The van der Waals surface area contributed by atoms with Gasteiger partial charge in [0.1, 0.15) is 11.5 Å². The number of nitrogen functional groups attached to an aromatic ring is 1. The van der Waals surface area contributed by atoms with E-state index in [-0.39, 0.29) is 0 Å². The Morgan fingerprint density at radius 3 is 1.74 bits per heavy atom. The van der Waals surface area contributed by atoms with Crippen LogP contribution in [0.4, 0.5) is 16.2 Å². The summed E-state index contributed by atoms with van der Waals surface area (Å²) in [7, 11) is 3.34. The minimum Gasteiger partial charge on any atom is -0.497 e. The first-order valence-electron chi connectivity index (χ1n) is 16.9. The zero-order chi connectivity index (χ0) is 36.6. The van der Waals surface area contributed by atoms with Crippen LogP contribution in [0.3, 0.4) is 0 Å². The molecule has 0 saturated carbocycles. The van der Waals surface area contributed by atoms with Crippen molar-refractivity contribution in [2.75, 3.05) is 25.3 Å². The van der Waals surface area contributed by atoms with Gasteiger partial charge >= 0.3 is 0 Å². The van der Waals surface area contributed by atoms with Gasteiger partial charge in [-0.05, 0) is 85.5 Å². The Bertz CT molecular complexity index is 2730. The molecule has 0 aliphatic rings. The molecule has 0 unspecified atom stereocenters. The molecule has 14 heteroatoms. The van der Waals surface area contributed by atoms with Gasteiger partial charge in [0.15, 0.2) is 10.3 Å². The fourth-order valence-corrected chi connectivity index (χ4v) is 8.27. The summed E-state index contributed by atoms with van der Waals surface area (Å²) >= 11 is 3.11. The Morgan fingerprint density at radius 2 is 1.21 bits per heavy atom. The minimum absolute atomic E-state index is 0.553. The molecule has 5 aromatic heterocycles. The number of aryl methyl sites for hydroxylation is 3. The van der Waals surface area contributed by atoms with Gasteiger partial charge in [-0.1, -0.05) is 46.9 Å². The maximum absolute atomic E-state index is 5.86. The summed E-state index contributed by atoms with van der Waals surface area (Å²) in [5, 5.41) is 15.9. The molecule has 0 aliphatic carbocycles. The lowest BCUT2D eigenvalue weighted by Crippen LogP contribution is -2.02. The van der Waals surface area contributed by atoms with Gasteiger partial charge in [0.25, 0.3) is 0 Å². The summed E-state index contributed by atoms with van der Waals surface area (Å²) in [6.45, 7) is 7.55. The first-order chi connectivity index (χ1) is 25.8. The van der Waals surface area contributed by atoms with Crippen molar-refractivity contribution in [3.8, 4) is 11.5 Å². The molecule has 9 aromatic rings. The van der Waals surface area contributed by atoms with Crippen LogP contribution < -0.4 is 20.5 Å². The van der Waals surface area contributed by atoms with E-state index in [2.05, 4.69) is 80.7 Å². The molecule has 0 aliphatic heterocycles. The van der Waals surface area contributed by atoms with Crippen molar-refractivity contribution < 1.29 is 9.47 Å². The highest BCUT2D eigenvalue weighted by atomic mass is 32.1. The number of aromatic nitrogens is 8. The third-order valence-electron chi connectivity index (χ3n) is 8.95. The lowest BCUT2D eigenvalue weighted by Gasteiger charge is -2.07. The van der Waals surface area contributed by atoms with Crippen molar-refractivity contribution in [1.29, 1.82) is 0 Å². The number of nitrogens with two attached hydrogens (primary N) is 1. The van der Waals surface area contributed by atoms with E-state index in [1.54, 1.807) is 31.8 Å². The van der Waals surface area contributed by atoms with Gasteiger partial charge in [-0.15, -0.1) is 0 Å². The summed E-state index contributed by atoms with van der Waals surface area (Å²) in [5.74, 6) is 2.26. The standard InChI is InChI=1S/C22H20N6OS.C17H16N4OS/c1-13-10-18-19(26-22(30-18)27-21-23-9-8-14(2)25-21)17-11-24-28(20(13)17)12-15-4-6-16(29-3)7-5-15;1-10-7-14-15(20-17(18)23-14)13-8-19-21(16(10)13)9-11-3-5-12(22-2)6-4-11/h4-11H,12H2,1-3H3,(H,23,25,26,27);3-8H,9H2,1-2H3,(H2,18,20). The Labute approximate surface area is 312 Å². The molecule has 0 bridgehead atoms. The second-order valence-electron chi connectivity index (χ2n) is 12.6. The van der Waals surface area contributed by atoms with Crippen molar-refractivity contribution >= 4 is 81.1 Å². The number of fused-ring (bicyclic) bond motifs is 6. The highest BCUT2D eigenvalue weighted by Gasteiger charge is 2.16. The first-order valence-corrected chi connectivity index (χ1v) is 18.5. The summed E-state index contributed by atoms with van der Waals surface area (Å²) in [6.07, 6.45) is 5.53. The third kappa shape index (κ3) is 6.81. The van der Waals surface area contributed by atoms with E-state index in [4.69, 9.17) is 20.2 Å². The molecular formula is C39H36N10O2S2. The fraction of sp³-hybridized carbons (Fsp3) is 0.179. The fourth-order valence-electron chi connectivity index (χ4n) is 6.45. The number of hydrogen-bond donors (Lipinski definition) is 2.